The fraction of sp³-hybridized carbons (Fsp3) is 0.838. The van der Waals surface area contributed by atoms with Crippen LogP contribution in [0, 0.1) is 11.3 Å². The number of aliphatic imine (C=N–C) groups is 2. The first-order chi connectivity index (χ1) is 24.1. The van der Waals surface area contributed by atoms with Crippen molar-refractivity contribution in [2.75, 3.05) is 6.61 Å². The molecule has 284 valence electrons. The number of hydrogen-bond acceptors (Lipinski definition) is 10. The Bertz CT molecular complexity index is 1170. The molecule has 0 bridgehead atoms. The second-order valence-corrected chi connectivity index (χ2v) is 14.5. The van der Waals surface area contributed by atoms with Crippen molar-refractivity contribution < 1.29 is 33.4 Å². The number of ether oxygens (including phenoxy) is 2. The molecule has 13 heteroatoms. The number of rotatable bonds is 26. The quantitative estimate of drug-likeness (QED) is 0.0490. The number of guanidine groups is 1. The summed E-state index contributed by atoms with van der Waals surface area (Å²) in [7, 11) is 0. The lowest BCUT2D eigenvalue weighted by Gasteiger charge is -2.34. The summed E-state index contributed by atoms with van der Waals surface area (Å²) in [5.41, 5.74) is 3.80. The summed E-state index contributed by atoms with van der Waals surface area (Å²) >= 11 is 0. The van der Waals surface area contributed by atoms with E-state index in [-0.39, 0.29) is 24.6 Å². The first-order valence-electron chi connectivity index (χ1n) is 19.3. The summed E-state index contributed by atoms with van der Waals surface area (Å²) in [5.74, 6) is -3.48. The lowest BCUT2D eigenvalue weighted by atomic mass is 9.85. The molecule has 3 aliphatic rings. The van der Waals surface area contributed by atoms with Crippen molar-refractivity contribution in [3.05, 3.63) is 0 Å². The van der Waals surface area contributed by atoms with E-state index in [4.69, 9.17) is 20.6 Å². The number of nitrogens with one attached hydrogen (secondary N) is 2. The Morgan fingerprint density at radius 1 is 1.02 bits per heavy atom. The fourth-order valence-corrected chi connectivity index (χ4v) is 6.80. The molecule has 0 aliphatic carbocycles. The highest BCUT2D eigenvalue weighted by atomic mass is 19.1. The summed E-state index contributed by atoms with van der Waals surface area (Å²) in [6.07, 6.45) is 18.1. The number of Topliss-reactive ketones (excluding diaryl/α,β-unsaturated/α-hetero) is 1. The number of amidine groups is 1. The van der Waals surface area contributed by atoms with E-state index in [1.807, 2.05) is 0 Å². The van der Waals surface area contributed by atoms with Crippen molar-refractivity contribution in [3.63, 3.8) is 0 Å². The SMILES string of the molecule is CCCCCCCCCCCCCCCCCCCCC(OC(=O)[C@@H](N)C(C)C)C(=O)C12N=CN([C@H]3CC(F)[C@@H](CO)O3)C1=NC(=N)NC2=O. The van der Waals surface area contributed by atoms with Gasteiger partial charge in [-0.25, -0.2) is 9.38 Å². The van der Waals surface area contributed by atoms with Crippen molar-refractivity contribution >= 4 is 35.8 Å². The topological polar surface area (TPSA) is 180 Å². The number of carbonyl (C=O) groups is 3. The van der Waals surface area contributed by atoms with Crippen LogP contribution in [0.2, 0.25) is 0 Å². The summed E-state index contributed by atoms with van der Waals surface area (Å²) < 4.78 is 25.8. The zero-order valence-corrected chi connectivity index (χ0v) is 30.7. The average molecular weight is 707 g/mol. The van der Waals surface area contributed by atoms with Crippen LogP contribution in [0.4, 0.5) is 4.39 Å². The predicted molar refractivity (Wildman–Crippen MR) is 193 cm³/mol. The Kier molecular flexibility index (Phi) is 18.0. The summed E-state index contributed by atoms with van der Waals surface area (Å²) in [5, 5.41) is 19.8. The molecule has 1 amide bonds. The number of aliphatic hydroxyl groups is 1. The van der Waals surface area contributed by atoms with Crippen molar-refractivity contribution in [1.29, 1.82) is 5.41 Å². The van der Waals surface area contributed by atoms with E-state index >= 15 is 0 Å². The maximum atomic E-state index is 14.5. The van der Waals surface area contributed by atoms with Crippen LogP contribution in [0.1, 0.15) is 149 Å². The number of nitrogens with zero attached hydrogens (tertiary/aromatic N) is 3. The number of aliphatic hydroxyl groups excluding tert-OH is 1. The molecular formula is C37H63FN6O6. The van der Waals surface area contributed by atoms with Gasteiger partial charge in [0.2, 0.25) is 11.7 Å². The normalized spacial score (nSPS) is 24.3. The molecule has 1 saturated heterocycles. The molecule has 0 aromatic heterocycles. The van der Waals surface area contributed by atoms with Gasteiger partial charge in [0.1, 0.15) is 24.5 Å². The number of unbranched alkanes of at least 4 members (excludes halogenated alkanes) is 17. The van der Waals surface area contributed by atoms with E-state index in [2.05, 4.69) is 22.2 Å². The Labute approximate surface area is 298 Å². The predicted octanol–water partition coefficient (Wildman–Crippen LogP) is 5.87. The van der Waals surface area contributed by atoms with E-state index < -0.39 is 66.4 Å². The van der Waals surface area contributed by atoms with Gasteiger partial charge in [-0.3, -0.25) is 30.0 Å². The van der Waals surface area contributed by atoms with Crippen molar-refractivity contribution in [3.8, 4) is 0 Å². The molecule has 3 unspecified atom stereocenters. The number of carbonyl (C=O) groups excluding carboxylic acids is 3. The van der Waals surface area contributed by atoms with Crippen LogP contribution < -0.4 is 11.1 Å². The number of ketones is 1. The molecule has 0 spiro atoms. The number of esters is 1. The lowest BCUT2D eigenvalue weighted by Crippen LogP contribution is -2.65. The fourth-order valence-electron chi connectivity index (χ4n) is 6.80. The van der Waals surface area contributed by atoms with Crippen LogP contribution in [0.25, 0.3) is 0 Å². The second-order valence-electron chi connectivity index (χ2n) is 14.5. The molecule has 0 aromatic rings. The molecule has 0 aromatic carbocycles. The molecule has 6 atom stereocenters. The monoisotopic (exact) mass is 706 g/mol. The van der Waals surface area contributed by atoms with E-state index in [1.165, 1.54) is 94.7 Å². The minimum absolute atomic E-state index is 0.155. The maximum absolute atomic E-state index is 14.5. The number of amides is 1. The molecule has 1 fully saturated rings. The van der Waals surface area contributed by atoms with Crippen LogP contribution in [0.15, 0.2) is 9.98 Å². The van der Waals surface area contributed by atoms with Gasteiger partial charge in [-0.1, -0.05) is 130 Å². The van der Waals surface area contributed by atoms with Crippen LogP contribution in [0.3, 0.4) is 0 Å². The third kappa shape index (κ3) is 11.6. The van der Waals surface area contributed by atoms with Gasteiger partial charge in [-0.2, -0.15) is 4.99 Å². The largest absolute Gasteiger partial charge is 0.453 e. The zero-order valence-electron chi connectivity index (χ0n) is 30.7. The van der Waals surface area contributed by atoms with Gasteiger partial charge < -0.3 is 20.3 Å². The van der Waals surface area contributed by atoms with Crippen LogP contribution in [-0.2, 0) is 23.9 Å². The van der Waals surface area contributed by atoms with E-state index in [0.29, 0.717) is 6.42 Å². The van der Waals surface area contributed by atoms with Crippen LogP contribution in [0.5, 0.6) is 0 Å². The highest BCUT2D eigenvalue weighted by Crippen LogP contribution is 2.34. The first kappa shape index (κ1) is 41.6. The van der Waals surface area contributed by atoms with Crippen LogP contribution in [-0.4, -0.2) is 88.6 Å². The highest BCUT2D eigenvalue weighted by molar-refractivity contribution is 6.39. The van der Waals surface area contributed by atoms with Gasteiger partial charge in [0.15, 0.2) is 11.9 Å². The molecule has 5 N–H and O–H groups in total. The average Bonchev–Trinajstić information content (AvgIpc) is 3.66. The minimum atomic E-state index is -2.25. The zero-order chi connectivity index (χ0) is 36.5. The standard InChI is InChI=1S/C37H63FN6O6/c1-4-5-6-7-8-9-10-11-12-13-14-15-16-17-18-19-20-21-22-28(50-33(47)31(39)26(2)3)32(46)37-34(42-36(40)43-35(37)48)44(25-41-37)30-23-27(38)29(24-45)49-30/h25-31,45H,4-24,39H2,1-3H3,(H2,40,43,48)/t27?,28?,29-,30-,31+,37?/m1/s1. The Hall–Kier alpha value is -2.77. The van der Waals surface area contributed by atoms with E-state index in [1.54, 1.807) is 13.8 Å². The Morgan fingerprint density at radius 3 is 2.02 bits per heavy atom. The van der Waals surface area contributed by atoms with Gasteiger partial charge >= 0.3 is 5.97 Å². The highest BCUT2D eigenvalue weighted by Gasteiger charge is 2.61. The Morgan fingerprint density at radius 2 is 1.54 bits per heavy atom. The van der Waals surface area contributed by atoms with Crippen molar-refractivity contribution in [1.82, 2.24) is 10.2 Å². The lowest BCUT2D eigenvalue weighted by molar-refractivity contribution is -0.159. The summed E-state index contributed by atoms with van der Waals surface area (Å²) in [4.78, 5) is 50.4. The summed E-state index contributed by atoms with van der Waals surface area (Å²) in [6, 6.07) is -0.975. The van der Waals surface area contributed by atoms with Crippen LogP contribution >= 0.6 is 0 Å². The smallest absolute Gasteiger partial charge is 0.323 e. The van der Waals surface area contributed by atoms with Gasteiger partial charge in [0.25, 0.3) is 11.4 Å². The number of halogens is 1. The first-order valence-corrected chi connectivity index (χ1v) is 19.3. The number of alkyl halides is 1. The molecule has 50 heavy (non-hydrogen) atoms. The molecular weight excluding hydrogens is 643 g/mol. The number of hydrogen-bond donors (Lipinski definition) is 4. The molecule has 0 radical (unpaired) electrons. The Balaban J connectivity index is 1.49. The van der Waals surface area contributed by atoms with Gasteiger partial charge in [-0.15, -0.1) is 0 Å². The van der Waals surface area contributed by atoms with Gasteiger partial charge in [0.05, 0.1) is 12.9 Å². The third-order valence-electron chi connectivity index (χ3n) is 10.1. The van der Waals surface area contributed by atoms with E-state index in [9.17, 15) is 23.9 Å². The molecule has 3 rings (SSSR count). The molecule has 12 nitrogen and oxygen atoms in total. The van der Waals surface area contributed by atoms with Crippen molar-refractivity contribution in [2.24, 2.45) is 21.6 Å². The number of nitrogens with two attached hydrogens (primary N) is 1. The second kappa shape index (κ2) is 21.6. The van der Waals surface area contributed by atoms with Gasteiger partial charge in [-0.05, 0) is 18.8 Å². The molecule has 0 saturated carbocycles. The van der Waals surface area contributed by atoms with Gasteiger partial charge in [0, 0.05) is 6.42 Å². The number of fused-ring (bicyclic) bond motifs is 1. The molecule has 3 heterocycles. The van der Waals surface area contributed by atoms with Crippen molar-refractivity contribution in [2.45, 2.75) is 185 Å². The maximum Gasteiger partial charge on any atom is 0.323 e. The van der Waals surface area contributed by atoms with E-state index in [0.717, 1.165) is 25.7 Å². The third-order valence-corrected chi connectivity index (χ3v) is 10.1. The minimum Gasteiger partial charge on any atom is -0.453 e. The molecule has 3 aliphatic heterocycles. The summed E-state index contributed by atoms with van der Waals surface area (Å²) in [6.45, 7) is 5.24.